The first kappa shape index (κ1) is 11.9. The summed E-state index contributed by atoms with van der Waals surface area (Å²) in [6, 6.07) is 1.34. The molecule has 98 valence electrons. The molecular weight excluding hydrogens is 210 g/mol. The minimum Gasteiger partial charge on any atom is -0.327 e. The highest BCUT2D eigenvalue weighted by molar-refractivity contribution is 4.87. The molecule has 0 radical (unpaired) electrons. The average molecular weight is 237 g/mol. The second-order valence-corrected chi connectivity index (χ2v) is 6.28. The van der Waals surface area contributed by atoms with Crippen LogP contribution in [0.1, 0.15) is 38.5 Å². The molecule has 0 aromatic heterocycles. The van der Waals surface area contributed by atoms with Crippen molar-refractivity contribution in [3.8, 4) is 0 Å². The topological polar surface area (TPSA) is 32.5 Å². The lowest BCUT2D eigenvalue weighted by Crippen LogP contribution is -2.38. The molecule has 2 heterocycles. The second kappa shape index (κ2) is 5.25. The summed E-state index contributed by atoms with van der Waals surface area (Å²) in [6.45, 7) is 6.51. The van der Waals surface area contributed by atoms with Crippen LogP contribution < -0.4 is 5.73 Å². The Balaban J connectivity index is 1.45. The van der Waals surface area contributed by atoms with Crippen LogP contribution in [0, 0.1) is 5.92 Å². The smallest absolute Gasteiger partial charge is 0.0223 e. The van der Waals surface area contributed by atoms with E-state index < -0.39 is 0 Å². The molecule has 2 unspecified atom stereocenters. The Labute approximate surface area is 105 Å². The second-order valence-electron chi connectivity index (χ2n) is 6.28. The molecule has 2 saturated heterocycles. The minimum absolute atomic E-state index is 0.484. The Morgan fingerprint density at radius 1 is 1.06 bits per heavy atom. The van der Waals surface area contributed by atoms with Gasteiger partial charge in [0.05, 0.1) is 0 Å². The highest BCUT2D eigenvalue weighted by Gasteiger charge is 2.31. The van der Waals surface area contributed by atoms with Crippen LogP contribution in [0.3, 0.4) is 0 Å². The van der Waals surface area contributed by atoms with E-state index in [4.69, 9.17) is 5.73 Å². The molecule has 2 atom stereocenters. The van der Waals surface area contributed by atoms with Crippen LogP contribution in [0.5, 0.6) is 0 Å². The van der Waals surface area contributed by atoms with Crippen LogP contribution in [-0.4, -0.2) is 54.6 Å². The van der Waals surface area contributed by atoms with Crippen molar-refractivity contribution in [2.75, 3.05) is 32.7 Å². The predicted octanol–water partition coefficient (Wildman–Crippen LogP) is 1.28. The molecule has 3 nitrogen and oxygen atoms in total. The van der Waals surface area contributed by atoms with Gasteiger partial charge in [0, 0.05) is 18.6 Å². The summed E-state index contributed by atoms with van der Waals surface area (Å²) in [5, 5.41) is 0. The van der Waals surface area contributed by atoms with Crippen LogP contribution in [0.25, 0.3) is 0 Å². The van der Waals surface area contributed by atoms with Crippen molar-refractivity contribution >= 4 is 0 Å². The fourth-order valence-corrected chi connectivity index (χ4v) is 3.58. The van der Waals surface area contributed by atoms with Crippen LogP contribution in [0.4, 0.5) is 0 Å². The Bertz CT molecular complexity index is 252. The summed E-state index contributed by atoms with van der Waals surface area (Å²) >= 11 is 0. The molecule has 0 aromatic rings. The summed E-state index contributed by atoms with van der Waals surface area (Å²) in [5.74, 6) is 0.866. The van der Waals surface area contributed by atoms with E-state index in [-0.39, 0.29) is 0 Å². The summed E-state index contributed by atoms with van der Waals surface area (Å²) < 4.78 is 0. The van der Waals surface area contributed by atoms with Gasteiger partial charge in [-0.3, -0.25) is 4.90 Å². The molecule has 1 saturated carbocycles. The molecule has 3 aliphatic rings. The van der Waals surface area contributed by atoms with Crippen molar-refractivity contribution < 1.29 is 0 Å². The lowest BCUT2D eigenvalue weighted by atomic mass is 10.1. The van der Waals surface area contributed by atoms with Gasteiger partial charge >= 0.3 is 0 Å². The molecule has 17 heavy (non-hydrogen) atoms. The molecule has 0 amide bonds. The fourth-order valence-electron chi connectivity index (χ4n) is 3.58. The molecular formula is C14H27N3. The standard InChI is InChI=1S/C14H27N3/c15-14(12-4-5-12)6-10-16-7-2-9-17-8-1-3-13(17)11-16/h12-14H,1-11,15H2. The predicted molar refractivity (Wildman–Crippen MR) is 71.0 cm³/mol. The average Bonchev–Trinajstić information content (AvgIpc) is 3.12. The quantitative estimate of drug-likeness (QED) is 0.799. The van der Waals surface area contributed by atoms with Gasteiger partial charge in [0.1, 0.15) is 0 Å². The van der Waals surface area contributed by atoms with Gasteiger partial charge in [0.15, 0.2) is 0 Å². The number of hydrogen-bond donors (Lipinski definition) is 1. The van der Waals surface area contributed by atoms with Gasteiger partial charge in [-0.05, 0) is 70.6 Å². The van der Waals surface area contributed by atoms with Crippen molar-refractivity contribution in [2.24, 2.45) is 11.7 Å². The molecule has 3 rings (SSSR count). The lowest BCUT2D eigenvalue weighted by molar-refractivity contribution is 0.214. The molecule has 1 aliphatic carbocycles. The third kappa shape index (κ3) is 3.01. The van der Waals surface area contributed by atoms with E-state index in [1.807, 2.05) is 0 Å². The van der Waals surface area contributed by atoms with Gasteiger partial charge in [0.2, 0.25) is 0 Å². The Morgan fingerprint density at radius 2 is 1.88 bits per heavy atom. The van der Waals surface area contributed by atoms with Crippen LogP contribution in [0.2, 0.25) is 0 Å². The first-order valence-corrected chi connectivity index (χ1v) is 7.55. The Kier molecular flexibility index (Phi) is 3.69. The summed E-state index contributed by atoms with van der Waals surface area (Å²) in [4.78, 5) is 5.39. The van der Waals surface area contributed by atoms with Crippen LogP contribution >= 0.6 is 0 Å². The van der Waals surface area contributed by atoms with E-state index in [0.29, 0.717) is 6.04 Å². The third-order valence-electron chi connectivity index (χ3n) is 4.89. The van der Waals surface area contributed by atoms with E-state index >= 15 is 0 Å². The monoisotopic (exact) mass is 237 g/mol. The largest absolute Gasteiger partial charge is 0.327 e. The maximum Gasteiger partial charge on any atom is 0.0223 e. The van der Waals surface area contributed by atoms with Gasteiger partial charge in [-0.15, -0.1) is 0 Å². The van der Waals surface area contributed by atoms with Crippen molar-refractivity contribution in [3.05, 3.63) is 0 Å². The van der Waals surface area contributed by atoms with Crippen LogP contribution in [-0.2, 0) is 0 Å². The van der Waals surface area contributed by atoms with Gasteiger partial charge in [-0.1, -0.05) is 0 Å². The fraction of sp³-hybridized carbons (Fsp3) is 1.00. The first-order chi connectivity index (χ1) is 8.33. The SMILES string of the molecule is NC(CCN1CCCN2CCCC2C1)C1CC1. The number of rotatable bonds is 4. The van der Waals surface area contributed by atoms with Crippen LogP contribution in [0.15, 0.2) is 0 Å². The Hall–Kier alpha value is -0.120. The van der Waals surface area contributed by atoms with E-state index in [1.165, 1.54) is 71.2 Å². The highest BCUT2D eigenvalue weighted by atomic mass is 15.3. The summed E-state index contributed by atoms with van der Waals surface area (Å²) in [7, 11) is 0. The van der Waals surface area contributed by atoms with Gasteiger partial charge in [-0.2, -0.15) is 0 Å². The molecule has 2 N–H and O–H groups in total. The zero-order valence-corrected chi connectivity index (χ0v) is 11.0. The first-order valence-electron chi connectivity index (χ1n) is 7.55. The molecule has 3 heteroatoms. The van der Waals surface area contributed by atoms with Crippen molar-refractivity contribution in [2.45, 2.75) is 50.6 Å². The molecule has 0 spiro atoms. The third-order valence-corrected chi connectivity index (χ3v) is 4.89. The highest BCUT2D eigenvalue weighted by Crippen LogP contribution is 2.33. The molecule has 0 bridgehead atoms. The minimum atomic E-state index is 0.484. The Morgan fingerprint density at radius 3 is 2.71 bits per heavy atom. The van der Waals surface area contributed by atoms with E-state index in [0.717, 1.165) is 12.0 Å². The molecule has 0 aromatic carbocycles. The zero-order chi connectivity index (χ0) is 11.7. The number of nitrogens with two attached hydrogens (primary N) is 1. The maximum atomic E-state index is 6.20. The zero-order valence-electron chi connectivity index (χ0n) is 11.0. The normalized spacial score (nSPS) is 33.4. The van der Waals surface area contributed by atoms with Crippen molar-refractivity contribution in [3.63, 3.8) is 0 Å². The molecule has 2 aliphatic heterocycles. The molecule has 3 fully saturated rings. The van der Waals surface area contributed by atoms with E-state index in [2.05, 4.69) is 9.80 Å². The van der Waals surface area contributed by atoms with Crippen molar-refractivity contribution in [1.82, 2.24) is 9.80 Å². The summed E-state index contributed by atoms with van der Waals surface area (Å²) in [6.07, 6.45) is 8.19. The number of hydrogen-bond acceptors (Lipinski definition) is 3. The summed E-state index contributed by atoms with van der Waals surface area (Å²) in [5.41, 5.74) is 6.20. The number of nitrogens with zero attached hydrogens (tertiary/aromatic N) is 2. The van der Waals surface area contributed by atoms with E-state index in [1.54, 1.807) is 0 Å². The van der Waals surface area contributed by atoms with E-state index in [9.17, 15) is 0 Å². The maximum absolute atomic E-state index is 6.20. The van der Waals surface area contributed by atoms with Crippen molar-refractivity contribution in [1.29, 1.82) is 0 Å². The van der Waals surface area contributed by atoms with Gasteiger partial charge in [-0.25, -0.2) is 0 Å². The van der Waals surface area contributed by atoms with Gasteiger partial charge < -0.3 is 10.6 Å². The van der Waals surface area contributed by atoms with Gasteiger partial charge in [0.25, 0.3) is 0 Å². The lowest BCUT2D eigenvalue weighted by Gasteiger charge is -2.26. The number of fused-ring (bicyclic) bond motifs is 1.